The Balaban J connectivity index is 1.75. The number of carboxylic acids is 1. The van der Waals surface area contributed by atoms with Crippen LogP contribution >= 0.6 is 0 Å². The maximum atomic E-state index is 13.1. The maximum Gasteiger partial charge on any atom is 0.391 e. The third-order valence-corrected chi connectivity index (χ3v) is 6.59. The molecule has 0 bridgehead atoms. The fourth-order valence-corrected chi connectivity index (χ4v) is 4.54. The summed E-state index contributed by atoms with van der Waals surface area (Å²) in [6, 6.07) is 9.70. The van der Waals surface area contributed by atoms with Crippen molar-refractivity contribution in [2.45, 2.75) is 65.1 Å². The Bertz CT molecular complexity index is 1020. The number of aliphatic carboxylic acids is 1. The molecule has 0 unspecified atom stereocenters. The van der Waals surface area contributed by atoms with Crippen LogP contribution in [0, 0.1) is 17.3 Å². The Morgan fingerprint density at radius 3 is 2.29 bits per heavy atom. The van der Waals surface area contributed by atoms with Crippen LogP contribution in [0.2, 0.25) is 0 Å². The zero-order valence-corrected chi connectivity index (χ0v) is 19.7. The van der Waals surface area contributed by atoms with Gasteiger partial charge in [0.1, 0.15) is 11.8 Å². The molecule has 8 heteroatoms. The van der Waals surface area contributed by atoms with Crippen LogP contribution in [-0.2, 0) is 4.79 Å². The second-order valence-corrected chi connectivity index (χ2v) is 10.2. The first-order valence-electron chi connectivity index (χ1n) is 11.6. The number of hydrogen-bond donors (Lipinski definition) is 2. The van der Waals surface area contributed by atoms with E-state index < -0.39 is 35.4 Å². The first-order valence-corrected chi connectivity index (χ1v) is 11.6. The molecular weight excluding hydrogens is 447 g/mol. The number of amides is 1. The van der Waals surface area contributed by atoms with E-state index >= 15 is 0 Å². The van der Waals surface area contributed by atoms with Crippen LogP contribution in [0.5, 0.6) is 5.75 Å². The van der Waals surface area contributed by atoms with Crippen molar-refractivity contribution in [2.75, 3.05) is 6.61 Å². The number of nitrogens with one attached hydrogen (secondary N) is 1. The molecule has 1 atom stereocenters. The number of benzene rings is 2. The highest BCUT2D eigenvalue weighted by Crippen LogP contribution is 2.40. The van der Waals surface area contributed by atoms with Crippen LogP contribution < -0.4 is 10.1 Å². The van der Waals surface area contributed by atoms with Crippen molar-refractivity contribution < 1.29 is 32.6 Å². The fraction of sp³-hybridized carbons (Fsp3) is 0.538. The summed E-state index contributed by atoms with van der Waals surface area (Å²) in [4.78, 5) is 24.8. The number of halogens is 3. The number of fused-ring (bicyclic) bond motifs is 1. The first kappa shape index (κ1) is 25.8. The van der Waals surface area contributed by atoms with Crippen molar-refractivity contribution in [2.24, 2.45) is 17.3 Å². The van der Waals surface area contributed by atoms with Crippen molar-refractivity contribution >= 4 is 22.6 Å². The SMILES string of the molecule is CC(C)(C)[C@H](NC(=O)c1ccc2ccccc2c1OCCC1CCC(C(F)(F)F)CC1)C(=O)O. The molecule has 2 aromatic carbocycles. The lowest BCUT2D eigenvalue weighted by atomic mass is 9.80. The number of rotatable bonds is 7. The molecule has 0 saturated heterocycles. The summed E-state index contributed by atoms with van der Waals surface area (Å²) >= 11 is 0. The van der Waals surface area contributed by atoms with E-state index in [-0.39, 0.29) is 30.9 Å². The summed E-state index contributed by atoms with van der Waals surface area (Å²) in [5.74, 6) is -2.39. The Kier molecular flexibility index (Phi) is 7.78. The van der Waals surface area contributed by atoms with Crippen molar-refractivity contribution in [3.8, 4) is 5.75 Å². The van der Waals surface area contributed by atoms with Crippen molar-refractivity contribution in [3.05, 3.63) is 42.0 Å². The lowest BCUT2D eigenvalue weighted by Crippen LogP contribution is -2.49. The van der Waals surface area contributed by atoms with Crippen LogP contribution in [0.15, 0.2) is 36.4 Å². The molecule has 1 fully saturated rings. The van der Waals surface area contributed by atoms with Crippen LogP contribution in [0.25, 0.3) is 10.8 Å². The smallest absolute Gasteiger partial charge is 0.391 e. The van der Waals surface area contributed by atoms with Gasteiger partial charge in [-0.15, -0.1) is 0 Å². The number of alkyl halides is 3. The van der Waals surface area contributed by atoms with Crippen LogP contribution in [0.3, 0.4) is 0 Å². The largest absolute Gasteiger partial charge is 0.492 e. The molecular formula is C26H32F3NO4. The molecule has 0 aliphatic heterocycles. The number of carboxylic acid groups (broad SMARTS) is 1. The van der Waals surface area contributed by atoms with Gasteiger partial charge in [-0.05, 0) is 54.9 Å². The molecule has 3 rings (SSSR count). The summed E-state index contributed by atoms with van der Waals surface area (Å²) in [5, 5.41) is 13.8. The van der Waals surface area contributed by atoms with Gasteiger partial charge in [0, 0.05) is 5.39 Å². The predicted molar refractivity (Wildman–Crippen MR) is 124 cm³/mol. The van der Waals surface area contributed by atoms with Gasteiger partial charge in [-0.2, -0.15) is 13.2 Å². The molecule has 0 radical (unpaired) electrons. The second kappa shape index (κ2) is 10.2. The van der Waals surface area contributed by atoms with Crippen LogP contribution in [0.1, 0.15) is 63.2 Å². The van der Waals surface area contributed by atoms with Gasteiger partial charge in [0.05, 0.1) is 18.1 Å². The van der Waals surface area contributed by atoms with E-state index in [0.717, 1.165) is 10.8 Å². The van der Waals surface area contributed by atoms with Gasteiger partial charge in [0.2, 0.25) is 0 Å². The summed E-state index contributed by atoms with van der Waals surface area (Å²) in [5.41, 5.74) is -0.468. The number of carbonyl (C=O) groups excluding carboxylic acids is 1. The first-order chi connectivity index (χ1) is 15.9. The minimum atomic E-state index is -4.13. The Morgan fingerprint density at radius 1 is 1.06 bits per heavy atom. The lowest BCUT2D eigenvalue weighted by molar-refractivity contribution is -0.184. The van der Waals surface area contributed by atoms with E-state index in [1.807, 2.05) is 24.3 Å². The Hall–Kier alpha value is -2.77. The molecule has 1 amide bonds. The number of hydrogen-bond acceptors (Lipinski definition) is 3. The quantitative estimate of drug-likeness (QED) is 0.495. The number of carbonyl (C=O) groups is 2. The molecule has 0 aromatic heterocycles. The standard InChI is InChI=1S/C26H32F3NO4/c1-25(2,3)22(24(32)33)30-23(31)20-13-10-17-6-4-5-7-19(17)21(20)34-15-14-16-8-11-18(12-9-16)26(27,28)29/h4-7,10,13,16,18,22H,8-9,11-12,14-15H2,1-3H3,(H,30,31)(H,32,33)/t16?,18?,22-/m1/s1. The van der Waals surface area contributed by atoms with E-state index in [4.69, 9.17) is 4.74 Å². The number of ether oxygens (including phenoxy) is 1. The molecule has 5 nitrogen and oxygen atoms in total. The van der Waals surface area contributed by atoms with Gasteiger partial charge < -0.3 is 15.2 Å². The van der Waals surface area contributed by atoms with Gasteiger partial charge in [0.15, 0.2) is 0 Å². The van der Waals surface area contributed by atoms with E-state index in [0.29, 0.717) is 25.0 Å². The second-order valence-electron chi connectivity index (χ2n) is 10.2. The summed E-state index contributed by atoms with van der Waals surface area (Å²) < 4.78 is 44.8. The van der Waals surface area contributed by atoms with E-state index in [1.54, 1.807) is 32.9 Å². The van der Waals surface area contributed by atoms with Gasteiger partial charge in [-0.25, -0.2) is 4.79 Å². The third kappa shape index (κ3) is 6.21. The highest BCUT2D eigenvalue weighted by atomic mass is 19.4. The molecule has 1 aliphatic rings. The summed E-state index contributed by atoms with van der Waals surface area (Å²) in [6.45, 7) is 5.46. The molecule has 2 aromatic rings. The average molecular weight is 480 g/mol. The minimum absolute atomic E-state index is 0.138. The molecule has 34 heavy (non-hydrogen) atoms. The predicted octanol–water partition coefficient (Wildman–Crippen LogP) is 6.21. The summed E-state index contributed by atoms with van der Waals surface area (Å²) in [7, 11) is 0. The van der Waals surface area contributed by atoms with Gasteiger partial charge >= 0.3 is 12.1 Å². The van der Waals surface area contributed by atoms with Crippen molar-refractivity contribution in [1.82, 2.24) is 5.32 Å². The zero-order chi connectivity index (χ0) is 25.1. The third-order valence-electron chi connectivity index (χ3n) is 6.59. The average Bonchev–Trinajstić information content (AvgIpc) is 2.76. The van der Waals surface area contributed by atoms with Gasteiger partial charge in [-0.3, -0.25) is 4.79 Å². The summed E-state index contributed by atoms with van der Waals surface area (Å²) in [6.07, 6.45) is -2.26. The topological polar surface area (TPSA) is 75.6 Å². The van der Waals surface area contributed by atoms with Crippen LogP contribution in [-0.4, -0.2) is 35.8 Å². The van der Waals surface area contributed by atoms with Crippen molar-refractivity contribution in [1.29, 1.82) is 0 Å². The normalized spacial score (nSPS) is 20.1. The molecule has 0 spiro atoms. The highest BCUT2D eigenvalue weighted by Gasteiger charge is 2.41. The van der Waals surface area contributed by atoms with Gasteiger partial charge in [0.25, 0.3) is 5.91 Å². The van der Waals surface area contributed by atoms with Gasteiger partial charge in [-0.1, -0.05) is 51.1 Å². The maximum absolute atomic E-state index is 13.1. The molecule has 1 saturated carbocycles. The molecule has 1 aliphatic carbocycles. The lowest BCUT2D eigenvalue weighted by Gasteiger charge is -2.30. The zero-order valence-electron chi connectivity index (χ0n) is 19.7. The minimum Gasteiger partial charge on any atom is -0.492 e. The monoisotopic (exact) mass is 479 g/mol. The van der Waals surface area contributed by atoms with Crippen molar-refractivity contribution in [3.63, 3.8) is 0 Å². The Labute approximate surface area is 197 Å². The molecule has 186 valence electrons. The fourth-order valence-electron chi connectivity index (χ4n) is 4.54. The van der Waals surface area contributed by atoms with E-state index in [1.165, 1.54) is 0 Å². The molecule has 2 N–H and O–H groups in total. The highest BCUT2D eigenvalue weighted by molar-refractivity contribution is 6.05. The van der Waals surface area contributed by atoms with E-state index in [9.17, 15) is 27.9 Å². The Morgan fingerprint density at radius 2 is 1.71 bits per heavy atom. The molecule has 0 heterocycles. The van der Waals surface area contributed by atoms with E-state index in [2.05, 4.69) is 5.32 Å². The van der Waals surface area contributed by atoms with Crippen LogP contribution in [0.4, 0.5) is 13.2 Å².